The third-order valence-electron chi connectivity index (χ3n) is 4.10. The highest BCUT2D eigenvalue weighted by atomic mass is 32.1. The van der Waals surface area contributed by atoms with Crippen molar-refractivity contribution in [1.82, 2.24) is 10.6 Å². The zero-order valence-electron chi connectivity index (χ0n) is 14.4. The lowest BCUT2D eigenvalue weighted by molar-refractivity contribution is 0.0951. The van der Waals surface area contributed by atoms with Gasteiger partial charge in [0, 0.05) is 22.2 Å². The second kappa shape index (κ2) is 7.70. The fourth-order valence-electron chi connectivity index (χ4n) is 2.58. The standard InChI is InChI=1S/C19H23N3O2S/c1-12(2)17(16-7-4-10-25-16)22-19(24)21-15-6-3-5-13(11-15)18(23)20-14-8-9-14/h3-7,10-12,14,17H,8-9H2,1-2H3,(H,20,23)(H2,21,22,24)/t17-/m0/s1. The third-order valence-corrected chi connectivity index (χ3v) is 5.05. The molecule has 1 aromatic carbocycles. The minimum Gasteiger partial charge on any atom is -0.349 e. The number of carbonyl (C=O) groups excluding carboxylic acids is 2. The Bertz CT molecular complexity index is 739. The van der Waals surface area contributed by atoms with Crippen LogP contribution in [0.25, 0.3) is 0 Å². The summed E-state index contributed by atoms with van der Waals surface area (Å²) in [6.07, 6.45) is 2.09. The summed E-state index contributed by atoms with van der Waals surface area (Å²) in [5.74, 6) is 0.185. The van der Waals surface area contributed by atoms with E-state index in [2.05, 4.69) is 29.8 Å². The first-order chi connectivity index (χ1) is 12.0. The number of thiophene rings is 1. The van der Waals surface area contributed by atoms with E-state index in [4.69, 9.17) is 0 Å². The maximum atomic E-state index is 12.4. The van der Waals surface area contributed by atoms with Gasteiger partial charge in [-0.3, -0.25) is 4.79 Å². The number of hydrogen-bond acceptors (Lipinski definition) is 3. The van der Waals surface area contributed by atoms with Crippen LogP contribution in [0, 0.1) is 5.92 Å². The molecule has 1 fully saturated rings. The maximum absolute atomic E-state index is 12.4. The molecule has 3 N–H and O–H groups in total. The molecule has 0 unspecified atom stereocenters. The molecule has 6 heteroatoms. The van der Waals surface area contributed by atoms with Crippen LogP contribution in [-0.2, 0) is 0 Å². The molecule has 3 rings (SSSR count). The van der Waals surface area contributed by atoms with E-state index in [9.17, 15) is 9.59 Å². The van der Waals surface area contributed by atoms with Gasteiger partial charge in [0.15, 0.2) is 0 Å². The van der Waals surface area contributed by atoms with Crippen LogP contribution in [0.15, 0.2) is 41.8 Å². The molecule has 0 aliphatic heterocycles. The Morgan fingerprint density at radius 1 is 1.16 bits per heavy atom. The Morgan fingerprint density at radius 2 is 1.96 bits per heavy atom. The minimum absolute atomic E-state index is 0.0404. The fourth-order valence-corrected chi connectivity index (χ4v) is 3.53. The van der Waals surface area contributed by atoms with Crippen molar-refractivity contribution in [2.24, 2.45) is 5.92 Å². The molecule has 2 aromatic rings. The first-order valence-electron chi connectivity index (χ1n) is 8.55. The van der Waals surface area contributed by atoms with E-state index >= 15 is 0 Å². The third kappa shape index (κ3) is 4.82. The lowest BCUT2D eigenvalue weighted by Gasteiger charge is -2.21. The van der Waals surface area contributed by atoms with E-state index < -0.39 is 0 Å². The van der Waals surface area contributed by atoms with Gasteiger partial charge in [-0.1, -0.05) is 26.0 Å². The normalized spacial score (nSPS) is 14.8. The van der Waals surface area contributed by atoms with Crippen molar-refractivity contribution in [3.8, 4) is 0 Å². The van der Waals surface area contributed by atoms with Gasteiger partial charge in [0.05, 0.1) is 6.04 Å². The van der Waals surface area contributed by atoms with Crippen molar-refractivity contribution >= 4 is 29.0 Å². The molecule has 1 aromatic heterocycles. The molecular formula is C19H23N3O2S. The van der Waals surface area contributed by atoms with Gasteiger partial charge >= 0.3 is 6.03 Å². The quantitative estimate of drug-likeness (QED) is 0.726. The number of nitrogens with one attached hydrogen (secondary N) is 3. The second-order valence-electron chi connectivity index (χ2n) is 6.66. The Kier molecular flexibility index (Phi) is 5.38. The summed E-state index contributed by atoms with van der Waals surface area (Å²) in [7, 11) is 0. The summed E-state index contributed by atoms with van der Waals surface area (Å²) in [6, 6.07) is 11.0. The summed E-state index contributed by atoms with van der Waals surface area (Å²) < 4.78 is 0. The summed E-state index contributed by atoms with van der Waals surface area (Å²) in [4.78, 5) is 25.6. The molecule has 0 bridgehead atoms. The number of rotatable bonds is 6. The van der Waals surface area contributed by atoms with E-state index in [1.54, 1.807) is 35.6 Å². The van der Waals surface area contributed by atoms with Crippen molar-refractivity contribution in [1.29, 1.82) is 0 Å². The molecule has 132 valence electrons. The zero-order chi connectivity index (χ0) is 17.8. The van der Waals surface area contributed by atoms with Crippen molar-refractivity contribution in [3.05, 3.63) is 52.2 Å². The number of urea groups is 1. The average Bonchev–Trinajstić information content (AvgIpc) is 3.22. The van der Waals surface area contributed by atoms with Gasteiger partial charge in [-0.2, -0.15) is 0 Å². The lowest BCUT2D eigenvalue weighted by atomic mass is 10.0. The number of amides is 3. The predicted octanol–water partition coefficient (Wildman–Crippen LogP) is 4.16. The smallest absolute Gasteiger partial charge is 0.319 e. The van der Waals surface area contributed by atoms with Gasteiger partial charge in [0.1, 0.15) is 0 Å². The Morgan fingerprint density at radius 3 is 2.60 bits per heavy atom. The van der Waals surface area contributed by atoms with Crippen LogP contribution in [0.5, 0.6) is 0 Å². The highest BCUT2D eigenvalue weighted by Crippen LogP contribution is 2.26. The predicted molar refractivity (Wildman–Crippen MR) is 101 cm³/mol. The molecule has 5 nitrogen and oxygen atoms in total. The highest BCUT2D eigenvalue weighted by molar-refractivity contribution is 7.10. The summed E-state index contributed by atoms with van der Waals surface area (Å²) in [6.45, 7) is 4.15. The van der Waals surface area contributed by atoms with Crippen LogP contribution in [0.4, 0.5) is 10.5 Å². The van der Waals surface area contributed by atoms with Crippen LogP contribution in [-0.4, -0.2) is 18.0 Å². The van der Waals surface area contributed by atoms with Gasteiger partial charge in [0.2, 0.25) is 0 Å². The molecule has 1 aliphatic rings. The Labute approximate surface area is 151 Å². The van der Waals surface area contributed by atoms with Gasteiger partial charge in [-0.15, -0.1) is 11.3 Å². The number of anilines is 1. The van der Waals surface area contributed by atoms with Crippen LogP contribution in [0.2, 0.25) is 0 Å². The first kappa shape index (κ1) is 17.5. The van der Waals surface area contributed by atoms with Crippen LogP contribution in [0.1, 0.15) is 48.0 Å². The topological polar surface area (TPSA) is 70.2 Å². The van der Waals surface area contributed by atoms with Crippen molar-refractivity contribution in [2.45, 2.75) is 38.8 Å². The highest BCUT2D eigenvalue weighted by Gasteiger charge is 2.24. The molecule has 1 atom stereocenters. The summed E-state index contributed by atoms with van der Waals surface area (Å²) in [5.41, 5.74) is 1.16. The van der Waals surface area contributed by atoms with Crippen molar-refractivity contribution < 1.29 is 9.59 Å². The molecule has 0 radical (unpaired) electrons. The fraction of sp³-hybridized carbons (Fsp3) is 0.368. The average molecular weight is 357 g/mol. The Balaban J connectivity index is 1.63. The summed E-state index contributed by atoms with van der Waals surface area (Å²) >= 11 is 1.63. The molecular weight excluding hydrogens is 334 g/mol. The molecule has 25 heavy (non-hydrogen) atoms. The lowest BCUT2D eigenvalue weighted by Crippen LogP contribution is -2.34. The van der Waals surface area contributed by atoms with E-state index in [0.717, 1.165) is 17.7 Å². The monoisotopic (exact) mass is 357 g/mol. The maximum Gasteiger partial charge on any atom is 0.319 e. The van der Waals surface area contributed by atoms with Crippen LogP contribution >= 0.6 is 11.3 Å². The molecule has 0 spiro atoms. The van der Waals surface area contributed by atoms with Gasteiger partial charge in [-0.25, -0.2) is 4.79 Å². The second-order valence-corrected chi connectivity index (χ2v) is 7.64. The molecule has 1 aliphatic carbocycles. The van der Waals surface area contributed by atoms with Crippen LogP contribution < -0.4 is 16.0 Å². The largest absolute Gasteiger partial charge is 0.349 e. The first-order valence-corrected chi connectivity index (χ1v) is 9.42. The zero-order valence-corrected chi connectivity index (χ0v) is 15.2. The minimum atomic E-state index is -0.271. The molecule has 3 amide bonds. The SMILES string of the molecule is CC(C)[C@H](NC(=O)Nc1cccc(C(=O)NC2CC2)c1)c1cccs1. The van der Waals surface area contributed by atoms with E-state index in [-0.39, 0.29) is 23.9 Å². The van der Waals surface area contributed by atoms with E-state index in [1.165, 1.54) is 0 Å². The van der Waals surface area contributed by atoms with Gasteiger partial charge in [-0.05, 0) is 48.4 Å². The van der Waals surface area contributed by atoms with E-state index in [1.807, 2.05) is 17.5 Å². The van der Waals surface area contributed by atoms with E-state index in [0.29, 0.717) is 17.3 Å². The molecule has 1 heterocycles. The van der Waals surface area contributed by atoms with Crippen molar-refractivity contribution in [3.63, 3.8) is 0 Å². The molecule has 0 saturated heterocycles. The number of carbonyl (C=O) groups is 2. The summed E-state index contributed by atoms with van der Waals surface area (Å²) in [5, 5.41) is 10.8. The molecule has 1 saturated carbocycles. The van der Waals surface area contributed by atoms with Crippen molar-refractivity contribution in [2.75, 3.05) is 5.32 Å². The Hall–Kier alpha value is -2.34. The number of hydrogen-bond donors (Lipinski definition) is 3. The van der Waals surface area contributed by atoms with Gasteiger partial charge in [0.25, 0.3) is 5.91 Å². The van der Waals surface area contributed by atoms with Crippen LogP contribution in [0.3, 0.4) is 0 Å². The van der Waals surface area contributed by atoms with Gasteiger partial charge < -0.3 is 16.0 Å². The number of benzene rings is 1.